The molecule has 0 atom stereocenters. The predicted octanol–water partition coefficient (Wildman–Crippen LogP) is 4.57. The fourth-order valence-electron chi connectivity index (χ4n) is 2.43. The van der Waals surface area contributed by atoms with Crippen molar-refractivity contribution >= 4 is 29.0 Å². The second-order valence-corrected chi connectivity index (χ2v) is 6.84. The molecule has 0 bridgehead atoms. The van der Waals surface area contributed by atoms with Gasteiger partial charge in [-0.15, -0.1) is 0 Å². The molecule has 0 N–H and O–H groups in total. The average Bonchev–Trinajstić information content (AvgIpc) is 3.21. The van der Waals surface area contributed by atoms with Crippen LogP contribution in [-0.2, 0) is 4.79 Å². The minimum Gasteiger partial charge on any atom is -0.491 e. The van der Waals surface area contributed by atoms with Crippen LogP contribution in [0.1, 0.15) is 16.9 Å². The first-order valence-corrected chi connectivity index (χ1v) is 9.02. The summed E-state index contributed by atoms with van der Waals surface area (Å²) >= 11 is 0.932. The zero-order valence-electron chi connectivity index (χ0n) is 14.6. The molecule has 2 heterocycles. The van der Waals surface area contributed by atoms with E-state index in [2.05, 4.69) is 0 Å². The van der Waals surface area contributed by atoms with Gasteiger partial charge in [-0.3, -0.25) is 14.5 Å². The van der Waals surface area contributed by atoms with Crippen molar-refractivity contribution in [3.8, 4) is 5.75 Å². The molecule has 0 aliphatic carbocycles. The van der Waals surface area contributed by atoms with Crippen LogP contribution in [0.5, 0.6) is 5.75 Å². The fourth-order valence-corrected chi connectivity index (χ4v) is 3.25. The van der Waals surface area contributed by atoms with Gasteiger partial charge in [-0.1, -0.05) is 18.2 Å². The number of furan rings is 1. The van der Waals surface area contributed by atoms with Crippen molar-refractivity contribution < 1.29 is 18.7 Å². The number of carbonyl (C=O) groups is 2. The third-order valence-corrected chi connectivity index (χ3v) is 4.77. The standard InChI is InChI=1S/C20H19NO4S/c1-14-8-9-15(2)17(13-14)25-12-10-21-19(22)18(26-20(21)23)7-3-5-16-6-4-11-24-16/h3-9,11,13H,10,12H2,1-2H3/b5-3+,18-7-. The quantitative estimate of drug-likeness (QED) is 0.698. The van der Waals surface area contributed by atoms with Crippen LogP contribution in [0, 0.1) is 13.8 Å². The van der Waals surface area contributed by atoms with Crippen LogP contribution in [0.15, 0.2) is 58.1 Å². The van der Waals surface area contributed by atoms with Crippen LogP contribution < -0.4 is 4.74 Å². The summed E-state index contributed by atoms with van der Waals surface area (Å²) in [6, 6.07) is 9.53. The van der Waals surface area contributed by atoms with Crippen LogP contribution in [-0.4, -0.2) is 29.2 Å². The first kappa shape index (κ1) is 18.1. The number of hydrogen-bond donors (Lipinski definition) is 0. The number of nitrogens with zero attached hydrogens (tertiary/aromatic N) is 1. The Labute approximate surface area is 156 Å². The van der Waals surface area contributed by atoms with Gasteiger partial charge in [-0.05, 0) is 67.1 Å². The summed E-state index contributed by atoms with van der Waals surface area (Å²) in [6.07, 6.45) is 6.63. The Morgan fingerprint density at radius 3 is 2.85 bits per heavy atom. The molecule has 134 valence electrons. The lowest BCUT2D eigenvalue weighted by Crippen LogP contribution is -2.32. The molecular formula is C20H19NO4S. The van der Waals surface area contributed by atoms with Crippen molar-refractivity contribution in [2.45, 2.75) is 13.8 Å². The van der Waals surface area contributed by atoms with Crippen LogP contribution >= 0.6 is 11.8 Å². The van der Waals surface area contributed by atoms with Gasteiger partial charge in [0.15, 0.2) is 0 Å². The number of aryl methyl sites for hydroxylation is 2. The number of hydrogen-bond acceptors (Lipinski definition) is 5. The lowest BCUT2D eigenvalue weighted by atomic mass is 10.1. The largest absolute Gasteiger partial charge is 0.491 e. The molecule has 3 rings (SSSR count). The van der Waals surface area contributed by atoms with Gasteiger partial charge in [0.05, 0.1) is 17.7 Å². The summed E-state index contributed by atoms with van der Waals surface area (Å²) < 4.78 is 10.9. The summed E-state index contributed by atoms with van der Waals surface area (Å²) in [7, 11) is 0. The minimum absolute atomic E-state index is 0.220. The number of benzene rings is 1. The van der Waals surface area contributed by atoms with Gasteiger partial charge in [0.2, 0.25) is 0 Å². The number of imide groups is 1. The molecule has 0 saturated carbocycles. The maximum atomic E-state index is 12.4. The highest BCUT2D eigenvalue weighted by molar-refractivity contribution is 8.18. The maximum Gasteiger partial charge on any atom is 0.293 e. The highest BCUT2D eigenvalue weighted by Gasteiger charge is 2.34. The molecule has 26 heavy (non-hydrogen) atoms. The molecule has 6 heteroatoms. The lowest BCUT2D eigenvalue weighted by molar-refractivity contribution is -0.123. The number of rotatable bonds is 6. The molecule has 0 unspecified atom stereocenters. The zero-order valence-corrected chi connectivity index (χ0v) is 15.4. The second-order valence-electron chi connectivity index (χ2n) is 5.85. The predicted molar refractivity (Wildman–Crippen MR) is 102 cm³/mol. The van der Waals surface area contributed by atoms with E-state index in [4.69, 9.17) is 9.15 Å². The fraction of sp³-hybridized carbons (Fsp3) is 0.200. The topological polar surface area (TPSA) is 59.8 Å². The summed E-state index contributed by atoms with van der Waals surface area (Å²) in [6.45, 7) is 4.43. The SMILES string of the molecule is Cc1ccc(C)c(OCCN2C(=O)S/C(=C\C=C\c3ccco3)C2=O)c1. The van der Waals surface area contributed by atoms with Crippen molar-refractivity contribution in [2.24, 2.45) is 0 Å². The molecule has 1 aliphatic heterocycles. The zero-order chi connectivity index (χ0) is 18.5. The Hall–Kier alpha value is -2.73. The first-order chi connectivity index (χ1) is 12.5. The summed E-state index contributed by atoms with van der Waals surface area (Å²) in [5.74, 6) is 1.16. The van der Waals surface area contributed by atoms with E-state index in [1.54, 1.807) is 36.6 Å². The van der Waals surface area contributed by atoms with Gasteiger partial charge in [0.1, 0.15) is 18.1 Å². The van der Waals surface area contributed by atoms with Gasteiger partial charge in [0, 0.05) is 0 Å². The monoisotopic (exact) mass is 369 g/mol. The Morgan fingerprint density at radius 2 is 2.08 bits per heavy atom. The van der Waals surface area contributed by atoms with Crippen LogP contribution in [0.3, 0.4) is 0 Å². The van der Waals surface area contributed by atoms with Gasteiger partial charge in [0.25, 0.3) is 11.1 Å². The number of ether oxygens (including phenoxy) is 1. The average molecular weight is 369 g/mol. The van der Waals surface area contributed by atoms with Crippen molar-refractivity contribution in [2.75, 3.05) is 13.2 Å². The molecule has 0 spiro atoms. The molecule has 1 fully saturated rings. The van der Waals surface area contributed by atoms with E-state index in [0.717, 1.165) is 28.6 Å². The smallest absolute Gasteiger partial charge is 0.293 e. The summed E-state index contributed by atoms with van der Waals surface area (Å²) in [5.41, 5.74) is 2.12. The van der Waals surface area contributed by atoms with Crippen LogP contribution in [0.4, 0.5) is 4.79 Å². The van der Waals surface area contributed by atoms with E-state index in [-0.39, 0.29) is 24.3 Å². The van der Waals surface area contributed by atoms with E-state index < -0.39 is 0 Å². The minimum atomic E-state index is -0.298. The molecule has 1 aromatic carbocycles. The second kappa shape index (κ2) is 8.10. The van der Waals surface area contributed by atoms with Crippen LogP contribution in [0.2, 0.25) is 0 Å². The molecule has 1 aliphatic rings. The van der Waals surface area contributed by atoms with E-state index in [1.807, 2.05) is 32.0 Å². The molecule has 5 nitrogen and oxygen atoms in total. The number of allylic oxidation sites excluding steroid dienone is 2. The normalized spacial score (nSPS) is 16.2. The molecule has 2 amide bonds. The summed E-state index contributed by atoms with van der Waals surface area (Å²) in [5, 5.41) is -0.280. The third-order valence-electron chi connectivity index (χ3n) is 3.84. The van der Waals surface area contributed by atoms with E-state index in [0.29, 0.717) is 10.7 Å². The van der Waals surface area contributed by atoms with Gasteiger partial charge >= 0.3 is 0 Å². The van der Waals surface area contributed by atoms with E-state index >= 15 is 0 Å². The lowest BCUT2D eigenvalue weighted by Gasteiger charge is -2.14. The Kier molecular flexibility index (Phi) is 5.63. The number of carbonyl (C=O) groups excluding carboxylic acids is 2. The maximum absolute atomic E-state index is 12.4. The number of amides is 2. The van der Waals surface area contributed by atoms with E-state index in [1.165, 1.54) is 4.90 Å². The van der Waals surface area contributed by atoms with Crippen molar-refractivity contribution in [3.63, 3.8) is 0 Å². The molecule has 1 saturated heterocycles. The molecule has 1 aromatic heterocycles. The van der Waals surface area contributed by atoms with Gasteiger partial charge in [-0.2, -0.15) is 0 Å². The highest BCUT2D eigenvalue weighted by atomic mass is 32.2. The number of thioether (sulfide) groups is 1. The van der Waals surface area contributed by atoms with Gasteiger partial charge in [-0.25, -0.2) is 0 Å². The molecular weight excluding hydrogens is 350 g/mol. The van der Waals surface area contributed by atoms with Crippen molar-refractivity contribution in [1.82, 2.24) is 4.90 Å². The Balaban J connectivity index is 1.58. The first-order valence-electron chi connectivity index (χ1n) is 8.20. The van der Waals surface area contributed by atoms with E-state index in [9.17, 15) is 9.59 Å². The molecule has 2 aromatic rings. The molecule has 0 radical (unpaired) electrons. The highest BCUT2D eigenvalue weighted by Crippen LogP contribution is 2.30. The Bertz CT molecular complexity index is 868. The Morgan fingerprint density at radius 1 is 1.23 bits per heavy atom. The van der Waals surface area contributed by atoms with Crippen LogP contribution in [0.25, 0.3) is 6.08 Å². The third kappa shape index (κ3) is 4.26. The van der Waals surface area contributed by atoms with Crippen molar-refractivity contribution in [3.05, 3.63) is 70.5 Å². The van der Waals surface area contributed by atoms with Gasteiger partial charge < -0.3 is 9.15 Å². The summed E-state index contributed by atoms with van der Waals surface area (Å²) in [4.78, 5) is 26.1. The van der Waals surface area contributed by atoms with Crippen molar-refractivity contribution in [1.29, 1.82) is 0 Å².